The Morgan fingerprint density at radius 1 is 1.18 bits per heavy atom. The van der Waals surface area contributed by atoms with E-state index in [0.29, 0.717) is 23.0 Å². The van der Waals surface area contributed by atoms with Crippen molar-refractivity contribution in [1.82, 2.24) is 19.0 Å². The van der Waals surface area contributed by atoms with E-state index in [2.05, 4.69) is 10.4 Å². The third-order valence-electron chi connectivity index (χ3n) is 5.67. The van der Waals surface area contributed by atoms with E-state index < -0.39 is 12.1 Å². The minimum Gasteiger partial charge on any atom is -0.489 e. The maximum absolute atomic E-state index is 12.9. The highest BCUT2D eigenvalue weighted by Crippen LogP contribution is 2.31. The van der Waals surface area contributed by atoms with E-state index in [1.54, 1.807) is 10.6 Å². The number of alkyl halides is 3. The van der Waals surface area contributed by atoms with Crippen LogP contribution in [0.3, 0.4) is 0 Å². The van der Waals surface area contributed by atoms with Crippen LogP contribution in [0.1, 0.15) is 48.8 Å². The van der Waals surface area contributed by atoms with Crippen LogP contribution in [0.25, 0.3) is 11.2 Å². The topological polar surface area (TPSA) is 119 Å². The van der Waals surface area contributed by atoms with Crippen molar-refractivity contribution in [2.75, 3.05) is 18.5 Å². The second-order valence-electron chi connectivity index (χ2n) is 8.89. The first kappa shape index (κ1) is 26.9. The van der Waals surface area contributed by atoms with Gasteiger partial charge >= 0.3 is 12.1 Å². The lowest BCUT2D eigenvalue weighted by molar-refractivity contribution is -0.192. The molecule has 13 heteroatoms. The number of carboxylic acids is 1. The minimum absolute atomic E-state index is 0.0433. The summed E-state index contributed by atoms with van der Waals surface area (Å²) in [5.41, 5.74) is 3.62. The largest absolute Gasteiger partial charge is 0.490 e. The van der Waals surface area contributed by atoms with Crippen LogP contribution in [0.5, 0.6) is 5.75 Å². The zero-order valence-electron chi connectivity index (χ0n) is 20.6. The first-order valence-electron chi connectivity index (χ1n) is 11.8. The summed E-state index contributed by atoms with van der Waals surface area (Å²) in [4.78, 5) is 26.6. The molecule has 0 spiro atoms. The Morgan fingerprint density at radius 3 is 2.53 bits per heavy atom. The fourth-order valence-corrected chi connectivity index (χ4v) is 3.91. The van der Waals surface area contributed by atoms with Gasteiger partial charge in [0, 0.05) is 43.8 Å². The molecule has 5 heterocycles. The third-order valence-corrected chi connectivity index (χ3v) is 5.67. The Hall–Kier alpha value is -4.13. The lowest BCUT2D eigenvalue weighted by atomic mass is 9.97. The molecule has 1 aliphatic heterocycles. The average molecular weight is 534 g/mol. The Labute approximate surface area is 215 Å². The standard InChI is InChI=1S/C23H25N5O3.C2HF3O2/c1-15(2)31-21-12-22-24-19(16-6-9-30-10-7-16)13-27(22)14-20(21)25-23(29)18-11-17-5-3-4-8-28(17)26-18;3-2(4,5)1(6)7/h3-5,8,11-16H,6-7,9-10H2,1-2H3,(H,25,29);(H,6,7). The number of imidazole rings is 1. The second-order valence-corrected chi connectivity index (χ2v) is 8.89. The molecular formula is C25H26F3N5O5. The number of nitrogens with one attached hydrogen (secondary N) is 1. The highest BCUT2D eigenvalue weighted by molar-refractivity contribution is 6.04. The zero-order valence-corrected chi connectivity index (χ0v) is 20.6. The van der Waals surface area contributed by atoms with Crippen molar-refractivity contribution in [3.8, 4) is 5.75 Å². The average Bonchev–Trinajstić information content (AvgIpc) is 3.48. The van der Waals surface area contributed by atoms with Crippen molar-refractivity contribution in [1.29, 1.82) is 0 Å². The minimum atomic E-state index is -5.08. The number of nitrogens with zero attached hydrogens (tertiary/aromatic N) is 4. The summed E-state index contributed by atoms with van der Waals surface area (Å²) in [5, 5.41) is 14.5. The number of aromatic nitrogens is 4. The van der Waals surface area contributed by atoms with E-state index in [0.717, 1.165) is 42.9 Å². The molecule has 0 bridgehead atoms. The summed E-state index contributed by atoms with van der Waals surface area (Å²) >= 11 is 0. The van der Waals surface area contributed by atoms with Crippen molar-refractivity contribution in [3.05, 3.63) is 60.3 Å². The fraction of sp³-hybridized carbons (Fsp3) is 0.360. The van der Waals surface area contributed by atoms with Gasteiger partial charge in [-0.15, -0.1) is 0 Å². The van der Waals surface area contributed by atoms with Crippen LogP contribution < -0.4 is 10.1 Å². The molecule has 2 N–H and O–H groups in total. The van der Waals surface area contributed by atoms with E-state index in [4.69, 9.17) is 24.4 Å². The lowest BCUT2D eigenvalue weighted by Crippen LogP contribution is -2.21. The number of hydrogen-bond acceptors (Lipinski definition) is 6. The quantitative estimate of drug-likeness (QED) is 0.386. The Bertz CT molecular complexity index is 1410. The van der Waals surface area contributed by atoms with E-state index in [-0.39, 0.29) is 12.0 Å². The van der Waals surface area contributed by atoms with E-state index in [1.165, 1.54) is 0 Å². The molecular weight excluding hydrogens is 507 g/mol. The van der Waals surface area contributed by atoms with Gasteiger partial charge in [-0.05, 0) is 44.9 Å². The first-order valence-corrected chi connectivity index (χ1v) is 11.8. The number of carbonyl (C=O) groups excluding carboxylic acids is 1. The Kier molecular flexibility index (Phi) is 7.86. The first-order chi connectivity index (χ1) is 18.0. The molecule has 4 aromatic heterocycles. The van der Waals surface area contributed by atoms with Gasteiger partial charge in [-0.3, -0.25) is 4.79 Å². The molecule has 4 aromatic rings. The molecule has 1 fully saturated rings. The van der Waals surface area contributed by atoms with Crippen molar-refractivity contribution >= 4 is 28.7 Å². The number of anilines is 1. The van der Waals surface area contributed by atoms with E-state index in [1.807, 2.05) is 61.1 Å². The number of pyridine rings is 2. The molecule has 5 rings (SSSR count). The fourth-order valence-electron chi connectivity index (χ4n) is 3.91. The van der Waals surface area contributed by atoms with Gasteiger partial charge in [0.05, 0.1) is 17.3 Å². The van der Waals surface area contributed by atoms with Crippen LogP contribution in [0.4, 0.5) is 18.9 Å². The van der Waals surface area contributed by atoms with Crippen molar-refractivity contribution in [2.24, 2.45) is 0 Å². The maximum Gasteiger partial charge on any atom is 0.490 e. The van der Waals surface area contributed by atoms with Crippen LogP contribution >= 0.6 is 0 Å². The van der Waals surface area contributed by atoms with Gasteiger partial charge in [-0.25, -0.2) is 14.3 Å². The third kappa shape index (κ3) is 6.40. The number of aliphatic carboxylic acids is 1. The number of carbonyl (C=O) groups is 2. The highest BCUT2D eigenvalue weighted by Gasteiger charge is 2.38. The van der Waals surface area contributed by atoms with Crippen molar-refractivity contribution < 1.29 is 37.3 Å². The van der Waals surface area contributed by atoms with Crippen LogP contribution in [-0.2, 0) is 9.53 Å². The summed E-state index contributed by atoms with van der Waals surface area (Å²) in [6, 6.07) is 9.33. The molecule has 38 heavy (non-hydrogen) atoms. The summed E-state index contributed by atoms with van der Waals surface area (Å²) in [6.07, 6.45) is 2.52. The molecule has 0 saturated carbocycles. The Morgan fingerprint density at radius 2 is 1.89 bits per heavy atom. The van der Waals surface area contributed by atoms with Gasteiger partial charge in [-0.1, -0.05) is 6.07 Å². The highest BCUT2D eigenvalue weighted by atomic mass is 19.4. The molecule has 1 amide bonds. The van der Waals surface area contributed by atoms with Crippen LogP contribution in [0, 0.1) is 0 Å². The summed E-state index contributed by atoms with van der Waals surface area (Å²) in [5.74, 6) is -2.07. The lowest BCUT2D eigenvalue weighted by Gasteiger charge is -2.19. The molecule has 202 valence electrons. The zero-order chi connectivity index (χ0) is 27.4. The van der Waals surface area contributed by atoms with Crippen LogP contribution in [0.15, 0.2) is 48.9 Å². The summed E-state index contributed by atoms with van der Waals surface area (Å²) < 4.78 is 46.8. The van der Waals surface area contributed by atoms with Gasteiger partial charge < -0.3 is 24.3 Å². The van der Waals surface area contributed by atoms with Gasteiger partial charge in [0.15, 0.2) is 5.69 Å². The molecule has 0 unspecified atom stereocenters. The number of ether oxygens (including phenoxy) is 2. The van der Waals surface area contributed by atoms with Crippen LogP contribution in [0.2, 0.25) is 0 Å². The monoisotopic (exact) mass is 533 g/mol. The number of fused-ring (bicyclic) bond motifs is 2. The summed E-state index contributed by atoms with van der Waals surface area (Å²) in [6.45, 7) is 5.44. The maximum atomic E-state index is 12.9. The van der Waals surface area contributed by atoms with Crippen LogP contribution in [-0.4, -0.2) is 61.5 Å². The van der Waals surface area contributed by atoms with Gasteiger partial charge in [0.2, 0.25) is 0 Å². The molecule has 1 saturated heterocycles. The predicted octanol–water partition coefficient (Wildman–Crippen LogP) is 4.55. The second kappa shape index (κ2) is 11.1. The summed E-state index contributed by atoms with van der Waals surface area (Å²) in [7, 11) is 0. The van der Waals surface area contributed by atoms with Crippen molar-refractivity contribution in [2.45, 2.75) is 44.9 Å². The molecule has 10 nitrogen and oxygen atoms in total. The normalized spacial score (nSPS) is 14.4. The molecule has 0 atom stereocenters. The number of halogens is 3. The number of carboxylic acid groups (broad SMARTS) is 1. The molecule has 1 aliphatic rings. The van der Waals surface area contributed by atoms with E-state index in [9.17, 15) is 18.0 Å². The van der Waals surface area contributed by atoms with Gasteiger partial charge in [-0.2, -0.15) is 18.3 Å². The number of hydrogen-bond donors (Lipinski definition) is 2. The molecule has 0 radical (unpaired) electrons. The van der Waals surface area contributed by atoms with E-state index >= 15 is 0 Å². The predicted molar refractivity (Wildman–Crippen MR) is 131 cm³/mol. The Balaban J connectivity index is 0.000000426. The SMILES string of the molecule is CC(C)Oc1cc2nc(C3CCOCC3)cn2cc1NC(=O)c1cc2ccccn2n1.O=C(O)C(F)(F)F. The number of amides is 1. The molecule has 0 aromatic carbocycles. The van der Waals surface area contributed by atoms with Crippen molar-refractivity contribution in [3.63, 3.8) is 0 Å². The van der Waals surface area contributed by atoms with Gasteiger partial charge in [0.1, 0.15) is 17.1 Å². The molecule has 0 aliphatic carbocycles. The van der Waals surface area contributed by atoms with Gasteiger partial charge in [0.25, 0.3) is 5.91 Å². The smallest absolute Gasteiger partial charge is 0.489 e. The number of rotatable bonds is 5.